The molecule has 0 fully saturated rings. The predicted molar refractivity (Wildman–Crippen MR) is 57.1 cm³/mol. The van der Waals surface area contributed by atoms with Crippen LogP contribution in [0.4, 0.5) is 0 Å². The number of rotatable bonds is 3. The first kappa shape index (κ1) is 10.7. The van der Waals surface area contributed by atoms with Crippen LogP contribution in [-0.4, -0.2) is 32.1 Å². The van der Waals surface area contributed by atoms with E-state index in [2.05, 4.69) is 9.97 Å². The number of aromatic nitrogens is 2. The molecule has 0 aliphatic heterocycles. The summed E-state index contributed by atoms with van der Waals surface area (Å²) < 4.78 is 0. The molecule has 6 nitrogen and oxygen atoms in total. The molecule has 2 rings (SSSR count). The van der Waals surface area contributed by atoms with E-state index in [-0.39, 0.29) is 11.4 Å². The Hall–Kier alpha value is -1.80. The quantitative estimate of drug-likeness (QED) is 0.866. The fraction of sp³-hybridized carbons (Fsp3) is 0. The van der Waals surface area contributed by atoms with Crippen LogP contribution in [0.25, 0.3) is 10.0 Å². The standard InChI is InChI=1S/C8H4N2O4S2/c11-7(12)3-1-15-5(9-3)6-10-4(2-16-6)8(13)14/h1-2H,(H,11,12)(H,13,14). The monoisotopic (exact) mass is 256 g/mol. The maximum atomic E-state index is 10.6. The molecule has 0 unspecified atom stereocenters. The van der Waals surface area contributed by atoms with Gasteiger partial charge >= 0.3 is 11.9 Å². The lowest BCUT2D eigenvalue weighted by atomic mass is 10.5. The van der Waals surface area contributed by atoms with Gasteiger partial charge in [0.05, 0.1) is 0 Å². The first-order valence-corrected chi connectivity index (χ1v) is 5.72. The van der Waals surface area contributed by atoms with Crippen LogP contribution in [0.3, 0.4) is 0 Å². The molecule has 0 amide bonds. The maximum absolute atomic E-state index is 10.6. The van der Waals surface area contributed by atoms with Crippen LogP contribution in [0.5, 0.6) is 0 Å². The second-order valence-electron chi connectivity index (χ2n) is 2.69. The number of carbonyl (C=O) groups is 2. The SMILES string of the molecule is O=C(O)c1csc(-c2nc(C(=O)O)cs2)n1. The molecule has 2 aromatic rings. The third kappa shape index (κ3) is 1.92. The minimum atomic E-state index is -1.11. The summed E-state index contributed by atoms with van der Waals surface area (Å²) in [7, 11) is 0. The van der Waals surface area contributed by atoms with Crippen LogP contribution in [0.15, 0.2) is 10.8 Å². The molecule has 0 saturated heterocycles. The fourth-order valence-electron chi connectivity index (χ4n) is 0.940. The normalized spacial score (nSPS) is 10.2. The average Bonchev–Trinajstić information content (AvgIpc) is 2.86. The summed E-state index contributed by atoms with van der Waals surface area (Å²) in [5.74, 6) is -2.23. The maximum Gasteiger partial charge on any atom is 0.355 e. The minimum absolute atomic E-state index is 0.0629. The van der Waals surface area contributed by atoms with Gasteiger partial charge in [-0.1, -0.05) is 0 Å². The van der Waals surface area contributed by atoms with E-state index >= 15 is 0 Å². The first-order valence-electron chi connectivity index (χ1n) is 3.96. The summed E-state index contributed by atoms with van der Waals surface area (Å²) in [4.78, 5) is 28.8. The average molecular weight is 256 g/mol. The molecule has 16 heavy (non-hydrogen) atoms. The van der Waals surface area contributed by atoms with Crippen LogP contribution < -0.4 is 0 Å². The number of nitrogens with zero attached hydrogens (tertiary/aromatic N) is 2. The van der Waals surface area contributed by atoms with Crippen molar-refractivity contribution in [1.82, 2.24) is 9.97 Å². The second-order valence-corrected chi connectivity index (χ2v) is 4.40. The molecule has 0 saturated carbocycles. The van der Waals surface area contributed by atoms with Crippen molar-refractivity contribution in [2.75, 3.05) is 0 Å². The second kappa shape index (κ2) is 3.99. The highest BCUT2D eigenvalue weighted by molar-refractivity contribution is 7.19. The Morgan fingerprint density at radius 1 is 0.938 bits per heavy atom. The molecular weight excluding hydrogens is 252 g/mol. The van der Waals surface area contributed by atoms with Gasteiger partial charge in [0.15, 0.2) is 21.4 Å². The Labute approximate surface area is 96.8 Å². The molecule has 0 atom stereocenters. The van der Waals surface area contributed by atoms with Crippen LogP contribution in [0.1, 0.15) is 21.0 Å². The van der Waals surface area contributed by atoms with Crippen LogP contribution in [-0.2, 0) is 0 Å². The third-order valence-electron chi connectivity index (χ3n) is 1.63. The van der Waals surface area contributed by atoms with Crippen LogP contribution in [0.2, 0.25) is 0 Å². The van der Waals surface area contributed by atoms with Crippen molar-refractivity contribution in [1.29, 1.82) is 0 Å². The molecule has 0 aliphatic carbocycles. The van der Waals surface area contributed by atoms with E-state index in [1.54, 1.807) is 0 Å². The van der Waals surface area contributed by atoms with E-state index in [0.717, 1.165) is 22.7 Å². The Balaban J connectivity index is 2.35. The zero-order chi connectivity index (χ0) is 11.7. The molecule has 82 valence electrons. The summed E-state index contributed by atoms with van der Waals surface area (Å²) in [6, 6.07) is 0. The number of thiazole rings is 2. The van der Waals surface area contributed by atoms with Gasteiger partial charge in [-0.15, -0.1) is 22.7 Å². The summed E-state index contributed by atoms with van der Waals surface area (Å²) in [5.41, 5.74) is -0.126. The first-order chi connectivity index (χ1) is 7.58. The van der Waals surface area contributed by atoms with Crippen molar-refractivity contribution in [3.63, 3.8) is 0 Å². The van der Waals surface area contributed by atoms with Gasteiger partial charge in [-0.25, -0.2) is 19.6 Å². The van der Waals surface area contributed by atoms with Crippen molar-refractivity contribution in [3.05, 3.63) is 22.1 Å². The summed E-state index contributed by atoms with van der Waals surface area (Å²) in [6.45, 7) is 0. The minimum Gasteiger partial charge on any atom is -0.476 e. The lowest BCUT2D eigenvalue weighted by Gasteiger charge is -1.86. The fourth-order valence-corrected chi connectivity index (χ4v) is 2.58. The third-order valence-corrected chi connectivity index (χ3v) is 3.46. The van der Waals surface area contributed by atoms with Crippen LogP contribution in [0, 0.1) is 0 Å². The summed E-state index contributed by atoms with van der Waals surface area (Å²) in [5, 5.41) is 20.9. The van der Waals surface area contributed by atoms with Gasteiger partial charge in [-0.3, -0.25) is 0 Å². The Morgan fingerprint density at radius 3 is 1.56 bits per heavy atom. The van der Waals surface area contributed by atoms with Crippen molar-refractivity contribution < 1.29 is 19.8 Å². The van der Waals surface area contributed by atoms with E-state index < -0.39 is 11.9 Å². The Kier molecular flexibility index (Phi) is 2.67. The molecular formula is C8H4N2O4S2. The smallest absolute Gasteiger partial charge is 0.355 e. The van der Waals surface area contributed by atoms with Gasteiger partial charge < -0.3 is 10.2 Å². The van der Waals surface area contributed by atoms with Gasteiger partial charge in [0.1, 0.15) is 0 Å². The molecule has 0 aliphatic rings. The van der Waals surface area contributed by atoms with Crippen molar-refractivity contribution in [3.8, 4) is 10.0 Å². The number of hydrogen-bond donors (Lipinski definition) is 2. The summed E-state index contributed by atoms with van der Waals surface area (Å²) >= 11 is 2.24. The van der Waals surface area contributed by atoms with E-state index in [9.17, 15) is 9.59 Å². The highest BCUT2D eigenvalue weighted by Gasteiger charge is 2.15. The number of hydrogen-bond acceptors (Lipinski definition) is 6. The van der Waals surface area contributed by atoms with E-state index in [4.69, 9.17) is 10.2 Å². The lowest BCUT2D eigenvalue weighted by molar-refractivity contribution is 0.0680. The summed E-state index contributed by atoms with van der Waals surface area (Å²) in [6.07, 6.45) is 0. The molecule has 0 bridgehead atoms. The Bertz CT molecular complexity index is 510. The van der Waals surface area contributed by atoms with Crippen molar-refractivity contribution in [2.24, 2.45) is 0 Å². The highest BCUT2D eigenvalue weighted by atomic mass is 32.1. The molecule has 0 spiro atoms. The van der Waals surface area contributed by atoms with Gasteiger partial charge in [0.25, 0.3) is 0 Å². The molecule has 2 heterocycles. The zero-order valence-corrected chi connectivity index (χ0v) is 9.21. The highest BCUT2D eigenvalue weighted by Crippen LogP contribution is 2.26. The zero-order valence-electron chi connectivity index (χ0n) is 7.58. The van der Waals surface area contributed by atoms with Crippen LogP contribution >= 0.6 is 22.7 Å². The molecule has 8 heteroatoms. The van der Waals surface area contributed by atoms with Crippen molar-refractivity contribution in [2.45, 2.75) is 0 Å². The topological polar surface area (TPSA) is 100 Å². The molecule has 2 aromatic heterocycles. The van der Waals surface area contributed by atoms with Gasteiger partial charge in [0.2, 0.25) is 0 Å². The number of carboxylic acids is 2. The van der Waals surface area contributed by atoms with Crippen molar-refractivity contribution >= 4 is 34.6 Å². The largest absolute Gasteiger partial charge is 0.476 e. The van der Waals surface area contributed by atoms with Gasteiger partial charge in [-0.05, 0) is 0 Å². The lowest BCUT2D eigenvalue weighted by Crippen LogP contribution is -1.96. The molecule has 2 N–H and O–H groups in total. The van der Waals surface area contributed by atoms with E-state index in [1.807, 2.05) is 0 Å². The predicted octanol–water partition coefficient (Wildman–Crippen LogP) is 1.66. The molecule has 0 aromatic carbocycles. The number of aromatic carboxylic acids is 2. The Morgan fingerprint density at radius 2 is 1.31 bits per heavy atom. The van der Waals surface area contributed by atoms with E-state index in [0.29, 0.717) is 10.0 Å². The number of carboxylic acid groups (broad SMARTS) is 2. The van der Waals surface area contributed by atoms with E-state index in [1.165, 1.54) is 10.8 Å². The van der Waals surface area contributed by atoms with Gasteiger partial charge in [0, 0.05) is 10.8 Å². The van der Waals surface area contributed by atoms with Gasteiger partial charge in [-0.2, -0.15) is 0 Å². The molecule has 0 radical (unpaired) electrons.